The van der Waals surface area contributed by atoms with E-state index < -0.39 is 81.5 Å². The summed E-state index contributed by atoms with van der Waals surface area (Å²) in [5.41, 5.74) is 9.71. The SMILES string of the molecule is Nc1ccc2c(O)c(N=Nc3ccc(N=Nc4c(OS(=O)[O-])cc5cc(Nc6ccc(N)c(S(=O)(=O)O)c6)ccc5c4O)cc3C(=O)O)c(S(=O)(=O)O)cc2c1. The van der Waals surface area contributed by atoms with Crippen LogP contribution in [0.1, 0.15) is 10.4 Å². The van der Waals surface area contributed by atoms with Crippen molar-refractivity contribution in [2.24, 2.45) is 20.5 Å². The molecule has 288 valence electrons. The Kier molecular flexibility index (Phi) is 10.3. The third-order valence-electron chi connectivity index (χ3n) is 7.88. The van der Waals surface area contributed by atoms with Crippen LogP contribution in [0, 0.1) is 0 Å². The van der Waals surface area contributed by atoms with Crippen molar-refractivity contribution < 1.29 is 59.0 Å². The van der Waals surface area contributed by atoms with Crippen LogP contribution in [0.15, 0.2) is 115 Å². The number of nitrogens with two attached hydrogens (primary N) is 2. The molecule has 0 amide bonds. The largest absolute Gasteiger partial charge is 0.740 e. The van der Waals surface area contributed by atoms with Gasteiger partial charge >= 0.3 is 5.97 Å². The van der Waals surface area contributed by atoms with Gasteiger partial charge in [0, 0.05) is 27.8 Å². The van der Waals surface area contributed by atoms with Gasteiger partial charge in [0.1, 0.15) is 32.5 Å². The van der Waals surface area contributed by atoms with E-state index in [1.54, 1.807) is 0 Å². The molecule has 20 nitrogen and oxygen atoms in total. The Hall–Kier alpha value is -6.76. The molecule has 56 heavy (non-hydrogen) atoms. The number of nitrogens with one attached hydrogen (secondary N) is 1. The quantitative estimate of drug-likeness (QED) is 0.0299. The van der Waals surface area contributed by atoms with Crippen LogP contribution in [-0.2, 0) is 31.6 Å². The highest BCUT2D eigenvalue weighted by Gasteiger charge is 2.23. The van der Waals surface area contributed by atoms with Gasteiger partial charge in [0.25, 0.3) is 20.2 Å². The van der Waals surface area contributed by atoms with Crippen molar-refractivity contribution in [1.82, 2.24) is 0 Å². The molecular weight excluding hydrogens is 799 g/mol. The summed E-state index contributed by atoms with van der Waals surface area (Å²) in [6.45, 7) is 0. The van der Waals surface area contributed by atoms with E-state index in [-0.39, 0.29) is 50.0 Å². The maximum atomic E-state index is 12.2. The summed E-state index contributed by atoms with van der Waals surface area (Å²) in [4.78, 5) is 10.8. The Labute approximate surface area is 317 Å². The zero-order chi connectivity index (χ0) is 40.7. The molecule has 6 aromatic rings. The smallest absolute Gasteiger partial charge is 0.338 e. The minimum absolute atomic E-state index is 0.100. The summed E-state index contributed by atoms with van der Waals surface area (Å²) in [5, 5.41) is 50.7. The first kappa shape index (κ1) is 38.9. The Morgan fingerprint density at radius 1 is 0.714 bits per heavy atom. The minimum atomic E-state index is -4.98. The zero-order valence-electron chi connectivity index (χ0n) is 27.8. The molecule has 0 aliphatic carbocycles. The zero-order valence-corrected chi connectivity index (χ0v) is 30.2. The number of benzene rings is 6. The Balaban J connectivity index is 1.35. The normalized spacial score (nSPS) is 12.8. The molecule has 1 atom stereocenters. The molecule has 0 saturated heterocycles. The van der Waals surface area contributed by atoms with E-state index in [0.29, 0.717) is 5.69 Å². The summed E-state index contributed by atoms with van der Waals surface area (Å²) >= 11 is -3.17. The van der Waals surface area contributed by atoms with Gasteiger partial charge in [-0.25, -0.2) is 9.00 Å². The van der Waals surface area contributed by atoms with Crippen molar-refractivity contribution in [3.63, 3.8) is 0 Å². The molecule has 6 rings (SSSR count). The molecule has 23 heteroatoms. The molecule has 0 aromatic heterocycles. The van der Waals surface area contributed by atoms with E-state index in [4.69, 9.17) is 15.7 Å². The van der Waals surface area contributed by atoms with Gasteiger partial charge in [-0.05, 0) is 95.7 Å². The number of nitrogens with zero attached hydrogens (tertiary/aromatic N) is 4. The Morgan fingerprint density at radius 3 is 1.98 bits per heavy atom. The van der Waals surface area contributed by atoms with Crippen LogP contribution in [-0.4, -0.2) is 56.0 Å². The molecule has 10 N–H and O–H groups in total. The van der Waals surface area contributed by atoms with Gasteiger partial charge in [0.05, 0.1) is 16.9 Å². The summed E-state index contributed by atoms with van der Waals surface area (Å²) in [6, 6.07) is 17.7. The van der Waals surface area contributed by atoms with Crippen molar-refractivity contribution in [2.45, 2.75) is 9.79 Å². The first-order valence-corrected chi connectivity index (χ1v) is 19.1. The first-order valence-electron chi connectivity index (χ1n) is 15.2. The molecule has 0 heterocycles. The fourth-order valence-electron chi connectivity index (χ4n) is 5.38. The van der Waals surface area contributed by atoms with E-state index in [9.17, 15) is 54.8 Å². The predicted molar refractivity (Wildman–Crippen MR) is 201 cm³/mol. The van der Waals surface area contributed by atoms with Crippen LogP contribution in [0.2, 0.25) is 0 Å². The Bertz CT molecular complexity index is 2940. The maximum absolute atomic E-state index is 12.2. The average molecular weight is 823 g/mol. The van der Waals surface area contributed by atoms with Gasteiger partial charge in [-0.3, -0.25) is 9.11 Å². The second-order valence-electron chi connectivity index (χ2n) is 11.6. The number of carboxylic acid groups (broad SMARTS) is 1. The number of aromatic carboxylic acids is 1. The molecule has 0 aliphatic heterocycles. The lowest BCUT2D eigenvalue weighted by atomic mass is 10.1. The van der Waals surface area contributed by atoms with Crippen LogP contribution >= 0.6 is 0 Å². The lowest BCUT2D eigenvalue weighted by Gasteiger charge is -2.14. The van der Waals surface area contributed by atoms with Gasteiger partial charge in [0.2, 0.25) is 0 Å². The second kappa shape index (κ2) is 14.8. The topological polar surface area (TPSA) is 349 Å². The highest BCUT2D eigenvalue weighted by molar-refractivity contribution is 7.86. The van der Waals surface area contributed by atoms with Crippen molar-refractivity contribution in [3.8, 4) is 17.2 Å². The third-order valence-corrected chi connectivity index (χ3v) is 9.97. The van der Waals surface area contributed by atoms with Crippen LogP contribution in [0.3, 0.4) is 0 Å². The highest BCUT2D eigenvalue weighted by atomic mass is 32.2. The maximum Gasteiger partial charge on any atom is 0.338 e. The Morgan fingerprint density at radius 2 is 1.32 bits per heavy atom. The second-order valence-corrected chi connectivity index (χ2v) is 14.9. The van der Waals surface area contributed by atoms with E-state index >= 15 is 0 Å². The molecule has 0 fully saturated rings. The molecule has 0 spiro atoms. The summed E-state index contributed by atoms with van der Waals surface area (Å²) in [7, 11) is -9.62. The number of anilines is 4. The summed E-state index contributed by atoms with van der Waals surface area (Å²) < 4.78 is 94.9. The summed E-state index contributed by atoms with van der Waals surface area (Å²) in [6.07, 6.45) is 0. The van der Waals surface area contributed by atoms with E-state index in [1.807, 2.05) is 0 Å². The number of hydrogen-bond donors (Lipinski definition) is 8. The number of carbonyl (C=O) groups is 1. The first-order chi connectivity index (χ1) is 26.3. The van der Waals surface area contributed by atoms with E-state index in [0.717, 1.165) is 24.3 Å². The average Bonchev–Trinajstić information content (AvgIpc) is 3.10. The van der Waals surface area contributed by atoms with Crippen LogP contribution < -0.4 is 21.0 Å². The van der Waals surface area contributed by atoms with Gasteiger partial charge < -0.3 is 40.8 Å². The molecule has 0 saturated carbocycles. The number of nitrogen functional groups attached to an aromatic ring is 2. The molecule has 6 aromatic carbocycles. The minimum Gasteiger partial charge on any atom is -0.740 e. The number of phenols is 2. The molecule has 0 radical (unpaired) electrons. The van der Waals surface area contributed by atoms with Crippen LogP contribution in [0.25, 0.3) is 21.5 Å². The van der Waals surface area contributed by atoms with Gasteiger partial charge in [-0.2, -0.15) is 21.9 Å². The molecule has 1 unspecified atom stereocenters. The monoisotopic (exact) mass is 822 g/mol. The van der Waals surface area contributed by atoms with Crippen molar-refractivity contribution in [1.29, 1.82) is 0 Å². The predicted octanol–water partition coefficient (Wildman–Crippen LogP) is 6.51. The lowest BCUT2D eigenvalue weighted by molar-refractivity contribution is 0.0697. The van der Waals surface area contributed by atoms with Gasteiger partial charge in [0.15, 0.2) is 22.9 Å². The fraction of sp³-hybridized carbons (Fsp3) is 0. The number of rotatable bonds is 11. The van der Waals surface area contributed by atoms with Crippen LogP contribution in [0.4, 0.5) is 45.5 Å². The number of azo groups is 2. The van der Waals surface area contributed by atoms with Crippen molar-refractivity contribution >= 4 is 105 Å². The number of carboxylic acids is 1. The third kappa shape index (κ3) is 8.16. The van der Waals surface area contributed by atoms with E-state index in [1.165, 1.54) is 60.7 Å². The number of aromatic hydroxyl groups is 2. The lowest BCUT2D eigenvalue weighted by Crippen LogP contribution is -2.04. The van der Waals surface area contributed by atoms with Gasteiger partial charge in [-0.1, -0.05) is 0 Å². The standard InChI is InChI=1S/C33H25N7O13S3/c34-17-1-5-21-15(9-17)12-28(56(50,51)52)30(32(21)42)40-38-25-8-4-20(13-23(25)33(43)44)37-39-29-26(53-54(45)46)11-16-10-18(2-6-22(16)31(29)41)36-19-3-7-24(35)27(14-19)55(47,48)49/h1-14,36,41-42H,34-35H2,(H,43,44)(H,45,46)(H,47,48,49)(H,50,51,52)/p-1. The number of phenolic OH excluding ortho intramolecular Hbond substituents is 2. The number of fused-ring (bicyclic) bond motifs is 2. The van der Waals surface area contributed by atoms with Crippen LogP contribution in [0.5, 0.6) is 17.2 Å². The summed E-state index contributed by atoms with van der Waals surface area (Å²) in [5.74, 6) is -3.35. The molecular formula is C33H24N7O13S3-. The van der Waals surface area contributed by atoms with E-state index in [2.05, 4.69) is 25.8 Å². The van der Waals surface area contributed by atoms with Gasteiger partial charge in [-0.15, -0.1) is 15.3 Å². The molecule has 0 aliphatic rings. The fourth-order valence-corrected chi connectivity index (χ4v) is 6.96. The highest BCUT2D eigenvalue weighted by Crippen LogP contribution is 2.46. The van der Waals surface area contributed by atoms with Crippen molar-refractivity contribution in [3.05, 3.63) is 90.5 Å². The number of hydrogen-bond acceptors (Lipinski definition) is 17. The van der Waals surface area contributed by atoms with Crippen molar-refractivity contribution in [2.75, 3.05) is 16.8 Å². The molecule has 0 bridgehead atoms.